The van der Waals surface area contributed by atoms with E-state index >= 15 is 0 Å². The Morgan fingerprint density at radius 2 is 2.00 bits per heavy atom. The molecule has 0 aromatic heterocycles. The summed E-state index contributed by atoms with van der Waals surface area (Å²) in [6.45, 7) is 8.69. The molecule has 0 aliphatic carbocycles. The highest BCUT2D eigenvalue weighted by atomic mass is 16.6. The topological polar surface area (TPSA) is 70.6 Å². The lowest BCUT2D eigenvalue weighted by Gasteiger charge is -2.23. The van der Waals surface area contributed by atoms with Crippen molar-refractivity contribution in [2.24, 2.45) is 0 Å². The Kier molecular flexibility index (Phi) is 6.49. The number of nitrogens with one attached hydrogen (secondary N) is 2. The Morgan fingerprint density at radius 1 is 1.33 bits per heavy atom. The Labute approximate surface area is 126 Å². The van der Waals surface area contributed by atoms with E-state index in [0.717, 1.165) is 12.0 Å². The van der Waals surface area contributed by atoms with Crippen molar-refractivity contribution in [2.45, 2.75) is 52.3 Å². The van der Waals surface area contributed by atoms with Crippen LogP contribution in [0.25, 0.3) is 0 Å². The van der Waals surface area contributed by atoms with Crippen molar-refractivity contribution in [1.82, 2.24) is 10.6 Å². The first kappa shape index (κ1) is 17.3. The van der Waals surface area contributed by atoms with Gasteiger partial charge in [-0.05, 0) is 33.3 Å². The number of ether oxygens (including phenoxy) is 1. The molecule has 0 saturated heterocycles. The van der Waals surface area contributed by atoms with Crippen LogP contribution in [0.4, 0.5) is 4.79 Å². The standard InChI is InChI=1S/C16H26N2O3/c1-5-13(18-15(20)21-16(2,3)4)11-17-10-12-8-6-7-9-14(12)19/h6-9,13,17,19H,5,10-11H2,1-4H3,(H,18,20). The Morgan fingerprint density at radius 3 is 2.57 bits per heavy atom. The van der Waals surface area contributed by atoms with Crippen molar-refractivity contribution >= 4 is 6.09 Å². The molecule has 5 nitrogen and oxygen atoms in total. The number of phenols is 1. The summed E-state index contributed by atoms with van der Waals surface area (Å²) < 4.78 is 5.24. The predicted octanol–water partition coefficient (Wildman–Crippen LogP) is 2.79. The lowest BCUT2D eigenvalue weighted by Crippen LogP contribution is -2.43. The maximum Gasteiger partial charge on any atom is 0.407 e. The second kappa shape index (κ2) is 7.88. The molecular formula is C16H26N2O3. The van der Waals surface area contributed by atoms with Gasteiger partial charge in [-0.2, -0.15) is 0 Å². The Balaban J connectivity index is 2.38. The van der Waals surface area contributed by atoms with Gasteiger partial charge >= 0.3 is 6.09 Å². The van der Waals surface area contributed by atoms with Crippen LogP contribution in [0.15, 0.2) is 24.3 Å². The van der Waals surface area contributed by atoms with E-state index in [1.54, 1.807) is 12.1 Å². The number of hydrogen-bond acceptors (Lipinski definition) is 4. The van der Waals surface area contributed by atoms with E-state index in [-0.39, 0.29) is 11.8 Å². The number of amides is 1. The molecule has 0 aliphatic heterocycles. The van der Waals surface area contributed by atoms with Gasteiger partial charge in [0.05, 0.1) is 0 Å². The van der Waals surface area contributed by atoms with E-state index in [2.05, 4.69) is 10.6 Å². The average Bonchev–Trinajstić information content (AvgIpc) is 2.37. The summed E-state index contributed by atoms with van der Waals surface area (Å²) in [5.74, 6) is 0.276. The number of aromatic hydroxyl groups is 1. The zero-order chi connectivity index (χ0) is 15.9. The minimum Gasteiger partial charge on any atom is -0.508 e. The van der Waals surface area contributed by atoms with E-state index in [1.165, 1.54) is 0 Å². The van der Waals surface area contributed by atoms with Crippen LogP contribution in [-0.2, 0) is 11.3 Å². The third-order valence-corrected chi connectivity index (χ3v) is 2.91. The van der Waals surface area contributed by atoms with Crippen molar-refractivity contribution in [1.29, 1.82) is 0 Å². The van der Waals surface area contributed by atoms with Gasteiger partial charge in [-0.15, -0.1) is 0 Å². The highest BCUT2D eigenvalue weighted by Gasteiger charge is 2.18. The third-order valence-electron chi connectivity index (χ3n) is 2.91. The number of carbonyl (C=O) groups is 1. The number of alkyl carbamates (subject to hydrolysis) is 1. The summed E-state index contributed by atoms with van der Waals surface area (Å²) in [5.41, 5.74) is 0.343. The van der Waals surface area contributed by atoms with Crippen LogP contribution in [0, 0.1) is 0 Å². The van der Waals surface area contributed by atoms with Crippen LogP contribution in [-0.4, -0.2) is 29.4 Å². The normalized spacial score (nSPS) is 12.8. The molecule has 0 fully saturated rings. The van der Waals surface area contributed by atoms with Crippen molar-refractivity contribution < 1.29 is 14.6 Å². The van der Waals surface area contributed by atoms with Crippen molar-refractivity contribution in [3.63, 3.8) is 0 Å². The molecule has 0 bridgehead atoms. The van der Waals surface area contributed by atoms with E-state index in [9.17, 15) is 9.90 Å². The first-order chi connectivity index (χ1) is 9.81. The lowest BCUT2D eigenvalue weighted by atomic mass is 10.2. The van der Waals surface area contributed by atoms with E-state index in [1.807, 2.05) is 39.8 Å². The van der Waals surface area contributed by atoms with Gasteiger partial charge in [0.1, 0.15) is 11.4 Å². The quantitative estimate of drug-likeness (QED) is 0.754. The molecule has 1 amide bonds. The van der Waals surface area contributed by atoms with Gasteiger partial charge in [0.25, 0.3) is 0 Å². The van der Waals surface area contributed by atoms with Crippen LogP contribution in [0.2, 0.25) is 0 Å². The molecule has 3 N–H and O–H groups in total. The minimum absolute atomic E-state index is 0.00861. The molecule has 21 heavy (non-hydrogen) atoms. The third kappa shape index (κ3) is 6.99. The number of carbonyl (C=O) groups excluding carboxylic acids is 1. The zero-order valence-corrected chi connectivity index (χ0v) is 13.3. The summed E-state index contributed by atoms with van der Waals surface area (Å²) in [5, 5.41) is 15.7. The summed E-state index contributed by atoms with van der Waals surface area (Å²) in [6.07, 6.45) is 0.395. The molecule has 1 atom stereocenters. The number of para-hydroxylation sites is 1. The molecular weight excluding hydrogens is 268 g/mol. The first-order valence-corrected chi connectivity index (χ1v) is 7.29. The molecule has 1 aromatic carbocycles. The molecule has 1 unspecified atom stereocenters. The van der Waals surface area contributed by atoms with Gasteiger partial charge in [-0.3, -0.25) is 0 Å². The van der Waals surface area contributed by atoms with Gasteiger partial charge < -0.3 is 20.5 Å². The number of hydrogen-bond donors (Lipinski definition) is 3. The fraction of sp³-hybridized carbons (Fsp3) is 0.562. The number of benzene rings is 1. The molecule has 0 radical (unpaired) electrons. The number of phenolic OH excluding ortho intramolecular Hbond substituents is 1. The number of rotatable bonds is 6. The van der Waals surface area contributed by atoms with Crippen LogP contribution in [0.1, 0.15) is 39.7 Å². The molecule has 0 saturated carbocycles. The van der Waals surface area contributed by atoms with Crippen LogP contribution >= 0.6 is 0 Å². The maximum atomic E-state index is 11.7. The van der Waals surface area contributed by atoms with Gasteiger partial charge in [-0.25, -0.2) is 4.79 Å². The average molecular weight is 294 g/mol. The molecule has 118 valence electrons. The first-order valence-electron chi connectivity index (χ1n) is 7.29. The Hall–Kier alpha value is -1.75. The fourth-order valence-corrected chi connectivity index (χ4v) is 1.81. The monoisotopic (exact) mass is 294 g/mol. The fourth-order valence-electron chi connectivity index (χ4n) is 1.81. The van der Waals surface area contributed by atoms with Crippen LogP contribution in [0.3, 0.4) is 0 Å². The molecule has 1 aromatic rings. The molecule has 1 rings (SSSR count). The van der Waals surface area contributed by atoms with Crippen molar-refractivity contribution in [3.05, 3.63) is 29.8 Å². The summed E-state index contributed by atoms with van der Waals surface area (Å²) in [7, 11) is 0. The highest BCUT2D eigenvalue weighted by Crippen LogP contribution is 2.14. The lowest BCUT2D eigenvalue weighted by molar-refractivity contribution is 0.0502. The van der Waals surface area contributed by atoms with Gasteiger partial charge in [0.15, 0.2) is 0 Å². The van der Waals surface area contributed by atoms with Crippen LogP contribution < -0.4 is 10.6 Å². The van der Waals surface area contributed by atoms with Gasteiger partial charge in [0.2, 0.25) is 0 Å². The summed E-state index contributed by atoms with van der Waals surface area (Å²) >= 11 is 0. The zero-order valence-electron chi connectivity index (χ0n) is 13.3. The highest BCUT2D eigenvalue weighted by molar-refractivity contribution is 5.68. The van der Waals surface area contributed by atoms with E-state index < -0.39 is 11.7 Å². The SMILES string of the molecule is CCC(CNCc1ccccc1O)NC(=O)OC(C)(C)C. The smallest absolute Gasteiger partial charge is 0.407 e. The molecule has 0 spiro atoms. The second-order valence-electron chi connectivity index (χ2n) is 6.01. The molecule has 0 aliphatic rings. The van der Waals surface area contributed by atoms with Crippen molar-refractivity contribution in [2.75, 3.05) is 6.54 Å². The minimum atomic E-state index is -0.494. The predicted molar refractivity (Wildman–Crippen MR) is 83.3 cm³/mol. The Bertz CT molecular complexity index is 455. The summed E-state index contributed by atoms with van der Waals surface area (Å²) in [6, 6.07) is 7.19. The van der Waals surface area contributed by atoms with Gasteiger partial charge in [-0.1, -0.05) is 25.1 Å². The van der Waals surface area contributed by atoms with E-state index in [0.29, 0.717) is 13.1 Å². The van der Waals surface area contributed by atoms with Crippen molar-refractivity contribution in [3.8, 4) is 5.75 Å². The second-order valence-corrected chi connectivity index (χ2v) is 6.01. The van der Waals surface area contributed by atoms with Crippen LogP contribution in [0.5, 0.6) is 5.75 Å². The van der Waals surface area contributed by atoms with E-state index in [4.69, 9.17) is 4.74 Å². The molecule has 0 heterocycles. The maximum absolute atomic E-state index is 11.7. The largest absolute Gasteiger partial charge is 0.508 e. The summed E-state index contributed by atoms with van der Waals surface area (Å²) in [4.78, 5) is 11.7. The molecule has 5 heteroatoms. The van der Waals surface area contributed by atoms with Gasteiger partial charge in [0, 0.05) is 24.7 Å².